The molecule has 0 unspecified atom stereocenters. The number of anilines is 1. The van der Waals surface area contributed by atoms with Crippen LogP contribution in [0.15, 0.2) is 69.8 Å². The molecule has 1 aromatic heterocycles. The van der Waals surface area contributed by atoms with E-state index in [2.05, 4.69) is 14.9 Å². The number of nitrogens with zero attached hydrogens (tertiary/aromatic N) is 3. The van der Waals surface area contributed by atoms with E-state index in [1.54, 1.807) is 47.3 Å². The summed E-state index contributed by atoms with van der Waals surface area (Å²) in [6.07, 6.45) is 1.60. The first-order valence-corrected chi connectivity index (χ1v) is 9.46. The Hall–Kier alpha value is -2.32. The molecule has 0 bridgehead atoms. The van der Waals surface area contributed by atoms with Crippen molar-refractivity contribution in [2.45, 2.75) is 21.9 Å². The predicted molar refractivity (Wildman–Crippen MR) is 93.6 cm³/mol. The number of hydrogen-bond donors (Lipinski definition) is 1. The molecule has 0 fully saturated rings. The van der Waals surface area contributed by atoms with Crippen LogP contribution in [-0.4, -0.2) is 23.2 Å². The Labute approximate surface area is 145 Å². The lowest BCUT2D eigenvalue weighted by molar-refractivity contribution is 0.601. The van der Waals surface area contributed by atoms with Crippen LogP contribution in [0, 0.1) is 6.92 Å². The van der Waals surface area contributed by atoms with E-state index in [0.29, 0.717) is 10.8 Å². The third-order valence-electron chi connectivity index (χ3n) is 3.33. The molecule has 0 aliphatic heterocycles. The van der Waals surface area contributed by atoms with E-state index >= 15 is 0 Å². The van der Waals surface area contributed by atoms with Gasteiger partial charge in [0.05, 0.1) is 10.6 Å². The van der Waals surface area contributed by atoms with Crippen molar-refractivity contribution in [3.63, 3.8) is 0 Å². The molecule has 0 radical (unpaired) electrons. The molecule has 3 rings (SSSR count). The van der Waals surface area contributed by atoms with Crippen molar-refractivity contribution < 1.29 is 8.42 Å². The Morgan fingerprint density at radius 3 is 2.46 bits per heavy atom. The van der Waals surface area contributed by atoms with Crippen LogP contribution in [0.3, 0.4) is 0 Å². The summed E-state index contributed by atoms with van der Waals surface area (Å²) in [4.78, 5) is 0.982. The summed E-state index contributed by atoms with van der Waals surface area (Å²) in [5.74, 6) is 0. The van der Waals surface area contributed by atoms with Crippen molar-refractivity contribution in [2.24, 2.45) is 7.05 Å². The van der Waals surface area contributed by atoms with Gasteiger partial charge in [0, 0.05) is 11.9 Å². The molecule has 0 saturated carbocycles. The van der Waals surface area contributed by atoms with E-state index in [1.807, 2.05) is 26.1 Å². The lowest BCUT2D eigenvalue weighted by Gasteiger charge is -2.12. The van der Waals surface area contributed by atoms with E-state index in [-0.39, 0.29) is 4.90 Å². The van der Waals surface area contributed by atoms with E-state index in [4.69, 9.17) is 0 Å². The molecular weight excluding hydrogens is 344 g/mol. The molecule has 2 aromatic carbocycles. The van der Waals surface area contributed by atoms with Gasteiger partial charge in [-0.05, 0) is 43.0 Å². The highest BCUT2D eigenvalue weighted by Crippen LogP contribution is 2.33. The second kappa shape index (κ2) is 6.66. The molecule has 0 aliphatic carbocycles. The summed E-state index contributed by atoms with van der Waals surface area (Å²) in [5.41, 5.74) is 1.51. The highest BCUT2D eigenvalue weighted by molar-refractivity contribution is 7.99. The van der Waals surface area contributed by atoms with Gasteiger partial charge >= 0.3 is 0 Å². The molecule has 0 aliphatic rings. The Morgan fingerprint density at radius 1 is 1.08 bits per heavy atom. The number of hydrogen-bond acceptors (Lipinski definition) is 5. The summed E-state index contributed by atoms with van der Waals surface area (Å²) in [6, 6.07) is 13.9. The third kappa shape index (κ3) is 3.60. The largest absolute Gasteiger partial charge is 0.311 e. The van der Waals surface area contributed by atoms with Gasteiger partial charge in [0.1, 0.15) is 6.33 Å². The van der Waals surface area contributed by atoms with Crippen LogP contribution in [0.2, 0.25) is 0 Å². The van der Waals surface area contributed by atoms with Gasteiger partial charge in [-0.1, -0.05) is 29.8 Å². The summed E-state index contributed by atoms with van der Waals surface area (Å²) < 4.78 is 29.6. The molecule has 0 atom stereocenters. The van der Waals surface area contributed by atoms with Gasteiger partial charge in [-0.3, -0.25) is 4.72 Å². The van der Waals surface area contributed by atoms with Gasteiger partial charge in [0.2, 0.25) is 0 Å². The maximum atomic E-state index is 12.6. The Kier molecular flexibility index (Phi) is 4.59. The van der Waals surface area contributed by atoms with E-state index in [1.165, 1.54) is 11.8 Å². The number of nitrogens with one attached hydrogen (secondary N) is 1. The number of para-hydroxylation sites is 1. The number of benzene rings is 2. The second-order valence-electron chi connectivity index (χ2n) is 5.24. The van der Waals surface area contributed by atoms with E-state index < -0.39 is 10.0 Å². The lowest BCUT2D eigenvalue weighted by atomic mass is 10.2. The zero-order valence-corrected chi connectivity index (χ0v) is 14.8. The zero-order chi connectivity index (χ0) is 17.2. The predicted octanol–water partition coefficient (Wildman–Crippen LogP) is 3.08. The van der Waals surface area contributed by atoms with E-state index in [0.717, 1.165) is 10.5 Å². The summed E-state index contributed by atoms with van der Waals surface area (Å²) in [5, 5.41) is 8.52. The fraction of sp³-hybridized carbons (Fsp3) is 0.125. The maximum Gasteiger partial charge on any atom is 0.261 e. The minimum Gasteiger partial charge on any atom is -0.311 e. The lowest BCUT2D eigenvalue weighted by Crippen LogP contribution is -2.13. The standard InChI is InChI=1S/C16H16N4O2S2/c1-12-7-9-13(10-8-12)24(21,22)19-14-5-3-4-6-15(14)23-16-18-17-11-20(16)2/h3-11,19H,1-2H3. The molecular formula is C16H16N4O2S2. The van der Waals surface area contributed by atoms with Gasteiger partial charge in [-0.15, -0.1) is 10.2 Å². The third-order valence-corrected chi connectivity index (χ3v) is 5.84. The number of aryl methyl sites for hydroxylation is 2. The Morgan fingerprint density at radius 2 is 1.79 bits per heavy atom. The van der Waals surface area contributed by atoms with Crippen LogP contribution >= 0.6 is 11.8 Å². The monoisotopic (exact) mass is 360 g/mol. The van der Waals surface area contributed by atoms with Gasteiger partial charge in [0.15, 0.2) is 5.16 Å². The van der Waals surface area contributed by atoms with Crippen LogP contribution in [0.25, 0.3) is 0 Å². The minimum atomic E-state index is -3.65. The number of aromatic nitrogens is 3. The van der Waals surface area contributed by atoms with Gasteiger partial charge in [0.25, 0.3) is 10.0 Å². The maximum absolute atomic E-state index is 12.6. The molecule has 0 spiro atoms. The van der Waals surface area contributed by atoms with Crippen LogP contribution in [0.1, 0.15) is 5.56 Å². The fourth-order valence-electron chi connectivity index (χ4n) is 2.02. The molecule has 3 aromatic rings. The van der Waals surface area contributed by atoms with Crippen LogP contribution < -0.4 is 4.72 Å². The second-order valence-corrected chi connectivity index (χ2v) is 7.93. The van der Waals surface area contributed by atoms with Gasteiger partial charge in [-0.2, -0.15) is 0 Å². The molecule has 124 valence electrons. The molecule has 6 nitrogen and oxygen atoms in total. The summed E-state index contributed by atoms with van der Waals surface area (Å²) in [6.45, 7) is 1.91. The first-order valence-electron chi connectivity index (χ1n) is 7.16. The SMILES string of the molecule is Cc1ccc(S(=O)(=O)Nc2ccccc2Sc2nncn2C)cc1. The molecule has 24 heavy (non-hydrogen) atoms. The fourth-order valence-corrected chi connectivity index (χ4v) is 4.02. The molecule has 8 heteroatoms. The molecule has 1 N–H and O–H groups in total. The number of sulfonamides is 1. The zero-order valence-electron chi connectivity index (χ0n) is 13.2. The average Bonchev–Trinajstić information content (AvgIpc) is 2.94. The topological polar surface area (TPSA) is 76.9 Å². The normalized spacial score (nSPS) is 11.4. The van der Waals surface area contributed by atoms with Crippen LogP contribution in [-0.2, 0) is 17.1 Å². The highest BCUT2D eigenvalue weighted by Gasteiger charge is 2.17. The van der Waals surface area contributed by atoms with Crippen molar-refractivity contribution in [1.82, 2.24) is 14.8 Å². The smallest absolute Gasteiger partial charge is 0.261 e. The first kappa shape index (κ1) is 16.5. The number of rotatable bonds is 5. The summed E-state index contributed by atoms with van der Waals surface area (Å²) >= 11 is 1.35. The molecule has 0 saturated heterocycles. The van der Waals surface area contributed by atoms with Crippen molar-refractivity contribution >= 4 is 27.5 Å². The first-order chi connectivity index (χ1) is 11.5. The van der Waals surface area contributed by atoms with E-state index in [9.17, 15) is 8.42 Å². The quantitative estimate of drug-likeness (QED) is 0.757. The highest BCUT2D eigenvalue weighted by atomic mass is 32.2. The Bertz CT molecular complexity index is 950. The van der Waals surface area contributed by atoms with Gasteiger partial charge in [-0.25, -0.2) is 8.42 Å². The van der Waals surface area contributed by atoms with Gasteiger partial charge < -0.3 is 4.57 Å². The van der Waals surface area contributed by atoms with Crippen molar-refractivity contribution in [1.29, 1.82) is 0 Å². The van der Waals surface area contributed by atoms with Crippen molar-refractivity contribution in [3.05, 3.63) is 60.4 Å². The average molecular weight is 360 g/mol. The molecule has 1 heterocycles. The van der Waals surface area contributed by atoms with Crippen molar-refractivity contribution in [2.75, 3.05) is 4.72 Å². The minimum absolute atomic E-state index is 0.228. The molecule has 0 amide bonds. The van der Waals surface area contributed by atoms with Crippen molar-refractivity contribution in [3.8, 4) is 0 Å². The Balaban J connectivity index is 1.90. The van der Waals surface area contributed by atoms with Crippen LogP contribution in [0.4, 0.5) is 5.69 Å². The van der Waals surface area contributed by atoms with Crippen LogP contribution in [0.5, 0.6) is 0 Å². The summed E-state index contributed by atoms with van der Waals surface area (Å²) in [7, 11) is -1.81.